The minimum absolute atomic E-state index is 0.174. The molecule has 0 aliphatic rings. The first-order valence-corrected chi connectivity index (χ1v) is 5.80. The lowest BCUT2D eigenvalue weighted by atomic mass is 10.2. The number of likely N-dealkylation sites (N-methyl/N-ethyl adjacent to an activating group) is 1. The molecule has 18 heavy (non-hydrogen) atoms. The second-order valence-corrected chi connectivity index (χ2v) is 4.35. The summed E-state index contributed by atoms with van der Waals surface area (Å²) in [5.74, 6) is -0.0227. The zero-order chi connectivity index (χ0) is 13.7. The number of ether oxygens (including phenoxy) is 1. The number of anilines is 2. The Hall–Kier alpha value is -1.82. The first kappa shape index (κ1) is 14.2. The molecule has 100 valence electrons. The average molecular weight is 252 g/mol. The number of nitrogen functional groups attached to an aromatic ring is 1. The van der Waals surface area contributed by atoms with Crippen LogP contribution < -0.4 is 16.4 Å². The summed E-state index contributed by atoms with van der Waals surface area (Å²) >= 11 is 0. The fraction of sp³-hybridized carbons (Fsp3) is 0.500. The highest BCUT2D eigenvalue weighted by atomic mass is 16.5. The van der Waals surface area contributed by atoms with Crippen molar-refractivity contribution in [3.05, 3.63) is 17.8 Å². The van der Waals surface area contributed by atoms with Crippen LogP contribution >= 0.6 is 0 Å². The van der Waals surface area contributed by atoms with Gasteiger partial charge in [-0.1, -0.05) is 0 Å². The van der Waals surface area contributed by atoms with E-state index in [0.717, 1.165) is 0 Å². The van der Waals surface area contributed by atoms with Gasteiger partial charge < -0.3 is 21.1 Å². The lowest BCUT2D eigenvalue weighted by Gasteiger charge is -2.21. The van der Waals surface area contributed by atoms with Gasteiger partial charge in [-0.3, -0.25) is 4.79 Å². The first-order chi connectivity index (χ1) is 8.41. The minimum atomic E-state index is -0.540. The molecule has 0 atom stereocenters. The number of hydrogen-bond acceptors (Lipinski definition) is 5. The van der Waals surface area contributed by atoms with Gasteiger partial charge in [-0.15, -0.1) is 0 Å². The number of hydrogen-bond donors (Lipinski definition) is 2. The standard InChI is InChI=1S/C12H20N4O2/c1-8(2)18-5-4-16(3)12-10(11(14)17)6-9(13)7-15-12/h6-8H,4-5,13H2,1-3H3,(H2,14,17). The summed E-state index contributed by atoms with van der Waals surface area (Å²) < 4.78 is 5.45. The van der Waals surface area contributed by atoms with Gasteiger partial charge in [0.25, 0.3) is 5.91 Å². The zero-order valence-electron chi connectivity index (χ0n) is 11.0. The van der Waals surface area contributed by atoms with E-state index in [4.69, 9.17) is 16.2 Å². The molecular weight excluding hydrogens is 232 g/mol. The maximum absolute atomic E-state index is 11.3. The predicted octanol–water partition coefficient (Wildman–Crippen LogP) is 0.624. The molecule has 1 amide bonds. The molecule has 0 fully saturated rings. The van der Waals surface area contributed by atoms with Crippen LogP contribution in [-0.2, 0) is 4.74 Å². The van der Waals surface area contributed by atoms with E-state index in [0.29, 0.717) is 30.2 Å². The number of aromatic nitrogens is 1. The van der Waals surface area contributed by atoms with Crippen LogP contribution in [0.1, 0.15) is 24.2 Å². The van der Waals surface area contributed by atoms with Crippen LogP contribution in [0.5, 0.6) is 0 Å². The van der Waals surface area contributed by atoms with Gasteiger partial charge in [0, 0.05) is 13.6 Å². The maximum atomic E-state index is 11.3. The van der Waals surface area contributed by atoms with E-state index in [2.05, 4.69) is 4.98 Å². The molecule has 1 rings (SSSR count). The van der Waals surface area contributed by atoms with Crippen molar-refractivity contribution in [2.45, 2.75) is 20.0 Å². The molecule has 0 aliphatic carbocycles. The molecule has 0 aliphatic heterocycles. The second kappa shape index (κ2) is 6.20. The molecule has 1 aromatic heterocycles. The quantitative estimate of drug-likeness (QED) is 0.774. The van der Waals surface area contributed by atoms with E-state index >= 15 is 0 Å². The molecule has 0 unspecified atom stereocenters. The predicted molar refractivity (Wildman–Crippen MR) is 71.5 cm³/mol. The lowest BCUT2D eigenvalue weighted by molar-refractivity contribution is 0.0844. The normalized spacial score (nSPS) is 10.7. The number of nitrogens with zero attached hydrogens (tertiary/aromatic N) is 2. The Kier molecular flexibility index (Phi) is 4.91. The van der Waals surface area contributed by atoms with E-state index in [1.54, 1.807) is 0 Å². The van der Waals surface area contributed by atoms with Crippen LogP contribution in [0.2, 0.25) is 0 Å². The van der Waals surface area contributed by atoms with E-state index in [9.17, 15) is 4.79 Å². The van der Waals surface area contributed by atoms with Crippen molar-refractivity contribution >= 4 is 17.4 Å². The van der Waals surface area contributed by atoms with Crippen LogP contribution in [0.4, 0.5) is 11.5 Å². The SMILES string of the molecule is CC(C)OCCN(C)c1ncc(N)cc1C(N)=O. The average Bonchev–Trinajstić information content (AvgIpc) is 2.28. The Morgan fingerprint density at radius 2 is 2.22 bits per heavy atom. The Morgan fingerprint density at radius 1 is 1.56 bits per heavy atom. The number of primary amides is 1. The van der Waals surface area contributed by atoms with Crippen LogP contribution in [0.3, 0.4) is 0 Å². The fourth-order valence-corrected chi connectivity index (χ4v) is 1.49. The third kappa shape index (κ3) is 3.89. The summed E-state index contributed by atoms with van der Waals surface area (Å²) in [4.78, 5) is 17.3. The van der Waals surface area contributed by atoms with Gasteiger partial charge >= 0.3 is 0 Å². The van der Waals surface area contributed by atoms with Crippen molar-refractivity contribution in [3.63, 3.8) is 0 Å². The van der Waals surface area contributed by atoms with Crippen molar-refractivity contribution in [2.24, 2.45) is 5.73 Å². The summed E-state index contributed by atoms with van der Waals surface area (Å²) in [6.07, 6.45) is 1.68. The van der Waals surface area contributed by atoms with Gasteiger partial charge in [0.15, 0.2) is 0 Å². The van der Waals surface area contributed by atoms with Crippen molar-refractivity contribution in [2.75, 3.05) is 30.8 Å². The van der Waals surface area contributed by atoms with Crippen LogP contribution in [0.25, 0.3) is 0 Å². The Balaban J connectivity index is 2.78. The van der Waals surface area contributed by atoms with Gasteiger partial charge in [0.05, 0.1) is 30.2 Å². The van der Waals surface area contributed by atoms with E-state index < -0.39 is 5.91 Å². The fourth-order valence-electron chi connectivity index (χ4n) is 1.49. The first-order valence-electron chi connectivity index (χ1n) is 5.80. The van der Waals surface area contributed by atoms with Gasteiger partial charge in [0.2, 0.25) is 0 Å². The molecule has 4 N–H and O–H groups in total. The second-order valence-electron chi connectivity index (χ2n) is 4.35. The third-order valence-electron chi connectivity index (χ3n) is 2.39. The summed E-state index contributed by atoms with van der Waals surface area (Å²) in [5, 5.41) is 0. The molecule has 1 aromatic rings. The highest BCUT2D eigenvalue weighted by Gasteiger charge is 2.14. The van der Waals surface area contributed by atoms with Gasteiger partial charge in [0.1, 0.15) is 5.82 Å². The van der Waals surface area contributed by atoms with Crippen molar-refractivity contribution in [1.82, 2.24) is 4.98 Å². The number of nitrogens with two attached hydrogens (primary N) is 2. The number of rotatable bonds is 6. The maximum Gasteiger partial charge on any atom is 0.252 e. The van der Waals surface area contributed by atoms with Crippen LogP contribution in [0.15, 0.2) is 12.3 Å². The lowest BCUT2D eigenvalue weighted by Crippen LogP contribution is -2.27. The van der Waals surface area contributed by atoms with Crippen LogP contribution in [-0.4, -0.2) is 37.2 Å². The topological polar surface area (TPSA) is 94.5 Å². The van der Waals surface area contributed by atoms with Crippen molar-refractivity contribution in [3.8, 4) is 0 Å². The molecule has 0 radical (unpaired) electrons. The highest BCUT2D eigenvalue weighted by molar-refractivity contribution is 5.98. The Labute approximate surface area is 107 Å². The molecule has 0 saturated heterocycles. The number of pyridine rings is 1. The smallest absolute Gasteiger partial charge is 0.252 e. The number of carbonyl (C=O) groups is 1. The van der Waals surface area contributed by atoms with Crippen molar-refractivity contribution in [1.29, 1.82) is 0 Å². The molecule has 6 nitrogen and oxygen atoms in total. The van der Waals surface area contributed by atoms with Gasteiger partial charge in [-0.2, -0.15) is 0 Å². The molecule has 6 heteroatoms. The molecular formula is C12H20N4O2. The van der Waals surface area contributed by atoms with E-state index in [-0.39, 0.29) is 6.10 Å². The minimum Gasteiger partial charge on any atom is -0.397 e. The third-order valence-corrected chi connectivity index (χ3v) is 2.39. The van der Waals surface area contributed by atoms with E-state index in [1.807, 2.05) is 25.8 Å². The summed E-state index contributed by atoms with van der Waals surface area (Å²) in [6.45, 7) is 5.11. The molecule has 0 spiro atoms. The molecule has 0 bridgehead atoms. The number of carbonyl (C=O) groups excluding carboxylic acids is 1. The van der Waals surface area contributed by atoms with E-state index in [1.165, 1.54) is 12.3 Å². The summed E-state index contributed by atoms with van der Waals surface area (Å²) in [5.41, 5.74) is 11.6. The number of amides is 1. The van der Waals surface area contributed by atoms with Gasteiger partial charge in [-0.05, 0) is 19.9 Å². The van der Waals surface area contributed by atoms with Gasteiger partial charge in [-0.25, -0.2) is 4.98 Å². The summed E-state index contributed by atoms with van der Waals surface area (Å²) in [7, 11) is 1.83. The monoisotopic (exact) mass is 252 g/mol. The van der Waals surface area contributed by atoms with Crippen LogP contribution in [0, 0.1) is 0 Å². The molecule has 1 heterocycles. The molecule has 0 saturated carbocycles. The zero-order valence-corrected chi connectivity index (χ0v) is 11.0. The Bertz CT molecular complexity index is 421. The summed E-state index contributed by atoms with van der Waals surface area (Å²) in [6, 6.07) is 1.53. The highest BCUT2D eigenvalue weighted by Crippen LogP contribution is 2.18. The van der Waals surface area contributed by atoms with Crippen molar-refractivity contribution < 1.29 is 9.53 Å². The largest absolute Gasteiger partial charge is 0.397 e. The molecule has 0 aromatic carbocycles. The Morgan fingerprint density at radius 3 is 2.78 bits per heavy atom.